The van der Waals surface area contributed by atoms with Crippen LogP contribution in [0.15, 0.2) is 104 Å². The van der Waals surface area contributed by atoms with Crippen LogP contribution in [0.2, 0.25) is 0 Å². The molecule has 3 aliphatic rings. The number of allylic oxidation sites excluding steroid dienone is 8. The van der Waals surface area contributed by atoms with Gasteiger partial charge in [-0.25, -0.2) is 10.3 Å². The molecule has 0 amide bonds. The van der Waals surface area contributed by atoms with Gasteiger partial charge in [0.15, 0.2) is 5.71 Å². The molecule has 0 aromatic heterocycles. The Hall–Kier alpha value is -4.29. The summed E-state index contributed by atoms with van der Waals surface area (Å²) >= 11 is 0.913. The van der Waals surface area contributed by atoms with Crippen LogP contribution in [0.3, 0.4) is 0 Å². The third kappa shape index (κ3) is 12.0. The molecular weight excluding hydrogens is 917 g/mol. The van der Waals surface area contributed by atoms with Gasteiger partial charge in [-0.05, 0) is 110 Å². The molecule has 0 atom stereocenters. The summed E-state index contributed by atoms with van der Waals surface area (Å²) in [6.07, 6.45) is 14.0. The topological polar surface area (TPSA) is 228 Å². The summed E-state index contributed by atoms with van der Waals surface area (Å²) in [5.74, 6) is -0.835. The lowest BCUT2D eigenvalue weighted by Crippen LogP contribution is -2.28. The van der Waals surface area contributed by atoms with E-state index in [9.17, 15) is 30.7 Å². The number of anilines is 1. The largest absolute Gasteiger partial charge is 0.481 e. The Bertz CT molecular complexity index is 2690. The number of aliphatic carboxylic acids is 1. The van der Waals surface area contributed by atoms with Crippen molar-refractivity contribution in [3.8, 4) is 0 Å². The molecule has 66 heavy (non-hydrogen) atoms. The fraction of sp³-hybridized carbons (Fsp3) is 0.435. The Morgan fingerprint density at radius 2 is 1.53 bits per heavy atom. The minimum absolute atomic E-state index is 0.0269. The van der Waals surface area contributed by atoms with Crippen molar-refractivity contribution >= 4 is 66.1 Å². The molecule has 0 saturated carbocycles. The fourth-order valence-corrected chi connectivity index (χ4v) is 10.2. The average molecular weight is 974 g/mol. The van der Waals surface area contributed by atoms with E-state index in [4.69, 9.17) is 29.4 Å². The molecule has 3 aromatic carbocycles. The number of carboxylic acids is 1. The Morgan fingerprint density at radius 3 is 2.20 bits per heavy atom. The molecule has 2 aliphatic heterocycles. The fourth-order valence-electron chi connectivity index (χ4n) is 8.60. The summed E-state index contributed by atoms with van der Waals surface area (Å²) in [6, 6.07) is 11.0. The molecule has 0 bridgehead atoms. The normalized spacial score (nSPS) is 18.2. The molecule has 0 unspecified atom stereocenters. The van der Waals surface area contributed by atoms with Crippen LogP contribution in [0.5, 0.6) is 0 Å². The molecule has 0 radical (unpaired) electrons. The van der Waals surface area contributed by atoms with Crippen LogP contribution < -0.4 is 5.06 Å². The highest BCUT2D eigenvalue weighted by Crippen LogP contribution is 2.54. The first kappa shape index (κ1) is 51.1. The predicted molar refractivity (Wildman–Crippen MR) is 247 cm³/mol. The number of hydrogen-bond donors (Lipinski definition) is 4. The Morgan fingerprint density at radius 1 is 0.833 bits per heavy atom. The average Bonchev–Trinajstić information content (AvgIpc) is 3.59. The van der Waals surface area contributed by atoms with E-state index in [1.54, 1.807) is 0 Å². The van der Waals surface area contributed by atoms with Gasteiger partial charge in [0.1, 0.15) is 11.9 Å². The van der Waals surface area contributed by atoms with Gasteiger partial charge in [0.25, 0.3) is 20.2 Å². The monoisotopic (exact) mass is 973 g/mol. The smallest absolute Gasteiger partial charge is 0.303 e. The lowest BCUT2D eigenvalue weighted by atomic mass is 9.80. The minimum atomic E-state index is -4.93. The molecule has 1 aliphatic carbocycles. The van der Waals surface area contributed by atoms with Crippen molar-refractivity contribution in [1.29, 1.82) is 0 Å². The summed E-state index contributed by atoms with van der Waals surface area (Å²) in [5, 5.41) is 23.2. The van der Waals surface area contributed by atoms with Crippen molar-refractivity contribution in [3.05, 3.63) is 101 Å². The molecule has 17 nitrogen and oxygen atoms in total. The van der Waals surface area contributed by atoms with Gasteiger partial charge in [-0.15, -0.1) is 4.33 Å². The number of hydroxylamine groups is 1. The van der Waals surface area contributed by atoms with Crippen LogP contribution in [-0.2, 0) is 64.3 Å². The van der Waals surface area contributed by atoms with E-state index in [2.05, 4.69) is 46.0 Å². The van der Waals surface area contributed by atoms with Crippen LogP contribution >= 0.6 is 12.0 Å². The third-order valence-electron chi connectivity index (χ3n) is 11.8. The lowest BCUT2D eigenvalue weighted by Gasteiger charge is -2.26. The minimum Gasteiger partial charge on any atom is -0.481 e. The maximum absolute atomic E-state index is 13.1. The van der Waals surface area contributed by atoms with Crippen molar-refractivity contribution < 1.29 is 74.1 Å². The number of carbonyl (C=O) groups is 1. The molecule has 0 fully saturated rings. The summed E-state index contributed by atoms with van der Waals surface area (Å²) in [6.45, 7) is 9.76. The highest BCUT2D eigenvalue weighted by molar-refractivity contribution is 7.94. The second-order valence-corrected chi connectivity index (χ2v) is 20.6. The lowest BCUT2D eigenvalue weighted by molar-refractivity contribution is -0.432. The van der Waals surface area contributed by atoms with Crippen LogP contribution in [0.25, 0.3) is 10.8 Å². The number of hydrogen-bond acceptors (Lipinski definition) is 14. The first-order valence-corrected chi connectivity index (χ1v) is 25.0. The Balaban J connectivity index is 1.24. The van der Waals surface area contributed by atoms with Gasteiger partial charge in [-0.2, -0.15) is 21.4 Å². The van der Waals surface area contributed by atoms with Crippen molar-refractivity contribution in [2.75, 3.05) is 58.4 Å². The number of carboxylic acid groups (broad SMARTS) is 1. The van der Waals surface area contributed by atoms with Crippen LogP contribution in [0.1, 0.15) is 77.3 Å². The third-order valence-corrected chi connectivity index (χ3v) is 14.1. The molecule has 0 spiro atoms. The van der Waals surface area contributed by atoms with Gasteiger partial charge in [0.2, 0.25) is 5.69 Å². The van der Waals surface area contributed by atoms with E-state index in [1.165, 1.54) is 29.3 Å². The maximum atomic E-state index is 13.1. The molecule has 0 saturated heterocycles. The number of rotatable bonds is 23. The molecule has 6 rings (SSSR count). The zero-order valence-corrected chi connectivity index (χ0v) is 40.0. The van der Waals surface area contributed by atoms with E-state index >= 15 is 0 Å². The second-order valence-electron chi connectivity index (χ2n) is 17.0. The Labute approximate surface area is 389 Å². The zero-order valence-electron chi connectivity index (χ0n) is 37.5. The van der Waals surface area contributed by atoms with Crippen LogP contribution in [0.4, 0.5) is 11.4 Å². The van der Waals surface area contributed by atoms with Gasteiger partial charge in [-0.1, -0.05) is 43.2 Å². The van der Waals surface area contributed by atoms with E-state index in [1.807, 2.05) is 51.2 Å². The SMILES string of the molecule is C[N+]1=C(/C=C/C2=CC(=C/C=C3/N(OCCOCCOCCOCCCCC(=O)O)c4c(S(=O)(=O)O)cc5cc(S(=O)(=O)O)ccc5c4C3(C)C)/CCC2)C(C)(C)c2cc(SOOO)ccc21. The van der Waals surface area contributed by atoms with Gasteiger partial charge >= 0.3 is 5.97 Å². The molecule has 358 valence electrons. The first-order valence-electron chi connectivity index (χ1n) is 21.4. The zero-order chi connectivity index (χ0) is 47.9. The maximum Gasteiger partial charge on any atom is 0.303 e. The summed E-state index contributed by atoms with van der Waals surface area (Å²) in [5.41, 5.74) is 5.12. The summed E-state index contributed by atoms with van der Waals surface area (Å²) < 4.78 is 94.6. The predicted octanol–water partition coefficient (Wildman–Crippen LogP) is 8.28. The van der Waals surface area contributed by atoms with Crippen LogP contribution in [-0.4, -0.2) is 106 Å². The molecular formula is C46H57N2O15S3+. The second kappa shape index (κ2) is 21.8. The number of unbranched alkanes of at least 4 members (excludes halogenated alkanes) is 1. The number of fused-ring (bicyclic) bond motifs is 4. The van der Waals surface area contributed by atoms with Crippen molar-refractivity contribution in [3.63, 3.8) is 0 Å². The number of benzene rings is 3. The van der Waals surface area contributed by atoms with Gasteiger partial charge in [-0.3, -0.25) is 18.7 Å². The molecule has 2 heterocycles. The Kier molecular flexibility index (Phi) is 16.9. The summed E-state index contributed by atoms with van der Waals surface area (Å²) in [4.78, 5) is 16.8. The summed E-state index contributed by atoms with van der Waals surface area (Å²) in [7, 11) is -7.55. The standard InChI is InChI=1S/C46H56N2O15S3/c1-45(2)37-30-34(64-63-62-51)14-17-38(37)47(5)40(45)18-12-31-9-8-10-32(27-31)13-19-41-46(3,4)43-36-16-15-35(65(52,53)54)28-33(36)29-39(66(55,56)57)44(43)48(41)61-26-25-60-24-23-59-22-21-58-20-7-6-11-42(49)50/h12-19,27-30H,6-11,20-26H2,1-5H3,(H3-,49,50,51,52,53,54,55,56,57)/p+1. The van der Waals surface area contributed by atoms with Crippen molar-refractivity contribution in [2.24, 2.45) is 0 Å². The quantitative estimate of drug-likeness (QED) is 0.0175. The molecule has 20 heteroatoms. The van der Waals surface area contributed by atoms with Gasteiger partial charge in [0, 0.05) is 41.0 Å². The van der Waals surface area contributed by atoms with Gasteiger partial charge in [0.05, 0.1) is 73.4 Å². The van der Waals surface area contributed by atoms with E-state index in [0.717, 1.165) is 64.3 Å². The number of nitrogens with zero attached hydrogens (tertiary/aromatic N) is 2. The highest BCUT2D eigenvalue weighted by atomic mass is 32.2. The van der Waals surface area contributed by atoms with Gasteiger partial charge < -0.3 is 19.3 Å². The molecule has 3 aromatic rings. The van der Waals surface area contributed by atoms with Crippen molar-refractivity contribution in [1.82, 2.24) is 0 Å². The van der Waals surface area contributed by atoms with E-state index in [-0.39, 0.29) is 49.3 Å². The molecule has 4 N–H and O–H groups in total. The number of ether oxygens (including phenoxy) is 3. The first-order chi connectivity index (χ1) is 31.2. The van der Waals surface area contributed by atoms with E-state index < -0.39 is 41.4 Å². The van der Waals surface area contributed by atoms with Crippen molar-refractivity contribution in [2.45, 2.75) is 91.7 Å². The highest BCUT2D eigenvalue weighted by Gasteiger charge is 2.46. The van der Waals surface area contributed by atoms with E-state index in [0.29, 0.717) is 49.3 Å². The van der Waals surface area contributed by atoms with Crippen LogP contribution in [0, 0.1) is 0 Å².